The molecule has 34 heavy (non-hydrogen) atoms. The molecule has 174 valence electrons. The van der Waals surface area contributed by atoms with Crippen molar-refractivity contribution in [3.63, 3.8) is 0 Å². The van der Waals surface area contributed by atoms with Crippen molar-refractivity contribution in [3.05, 3.63) is 90.5 Å². The Morgan fingerprint density at radius 3 is 2.41 bits per heavy atom. The topological polar surface area (TPSA) is 87.5 Å². The first-order valence-corrected chi connectivity index (χ1v) is 12.2. The Morgan fingerprint density at radius 2 is 1.65 bits per heavy atom. The van der Waals surface area contributed by atoms with E-state index in [1.807, 2.05) is 29.2 Å². The summed E-state index contributed by atoms with van der Waals surface area (Å²) in [5, 5.41) is 0. The van der Waals surface area contributed by atoms with Gasteiger partial charge in [-0.05, 0) is 54.6 Å². The predicted octanol–water partition coefficient (Wildman–Crippen LogP) is 3.07. The highest BCUT2D eigenvalue weighted by Crippen LogP contribution is 2.22. The quantitative estimate of drug-likeness (QED) is 0.475. The molecule has 1 saturated heterocycles. The predicted molar refractivity (Wildman–Crippen MR) is 127 cm³/mol. The second-order valence-electron chi connectivity index (χ2n) is 7.94. The molecule has 1 amide bonds. The van der Waals surface area contributed by atoms with E-state index in [0.717, 1.165) is 16.7 Å². The second-order valence-corrected chi connectivity index (χ2v) is 9.88. The van der Waals surface area contributed by atoms with Crippen LogP contribution in [0, 0.1) is 5.82 Å². The number of piperazine rings is 1. The zero-order chi connectivity index (χ0) is 23.7. The number of fused-ring (bicyclic) bond motifs is 1. The van der Waals surface area contributed by atoms with Crippen molar-refractivity contribution in [1.29, 1.82) is 0 Å². The van der Waals surface area contributed by atoms with Gasteiger partial charge in [-0.1, -0.05) is 18.2 Å². The number of amides is 1. The van der Waals surface area contributed by atoms with Crippen LogP contribution in [-0.2, 0) is 10.0 Å². The van der Waals surface area contributed by atoms with Crippen molar-refractivity contribution in [2.75, 3.05) is 36.5 Å². The molecule has 3 aromatic carbocycles. The maximum Gasteiger partial charge on any atom is 0.270 e. The molecule has 2 heterocycles. The Bertz CT molecular complexity index is 1450. The van der Waals surface area contributed by atoms with Crippen molar-refractivity contribution in [3.8, 4) is 0 Å². The fourth-order valence-corrected chi connectivity index (χ4v) is 5.48. The smallest absolute Gasteiger partial charge is 0.270 e. The molecule has 1 N–H and O–H groups in total. The second kappa shape index (κ2) is 8.88. The number of aromatic nitrogens is 2. The lowest BCUT2D eigenvalue weighted by Crippen LogP contribution is -2.48. The fourth-order valence-electron chi connectivity index (χ4n) is 4.01. The summed E-state index contributed by atoms with van der Waals surface area (Å²) in [6, 6.07) is 19.5. The summed E-state index contributed by atoms with van der Waals surface area (Å²) in [5.74, 6) is -0.753. The summed E-state index contributed by atoms with van der Waals surface area (Å²) in [7, 11) is -3.78. The van der Waals surface area contributed by atoms with E-state index in [4.69, 9.17) is 0 Å². The number of anilines is 1. The third-order valence-corrected chi connectivity index (χ3v) is 7.73. The molecular weight excluding hydrogens is 457 g/mol. The third-order valence-electron chi connectivity index (χ3n) is 5.84. The summed E-state index contributed by atoms with van der Waals surface area (Å²) in [6.45, 7) is 1.55. The van der Waals surface area contributed by atoms with E-state index in [9.17, 15) is 17.6 Å². The number of benzene rings is 3. The molecular formula is C24H22FN5O3S. The Kier molecular flexibility index (Phi) is 5.76. The molecule has 1 fully saturated rings. The first-order valence-electron chi connectivity index (χ1n) is 10.8. The summed E-state index contributed by atoms with van der Waals surface area (Å²) in [6.07, 6.45) is 1.50. The molecule has 1 aliphatic heterocycles. The first-order chi connectivity index (χ1) is 16.4. The molecule has 10 heteroatoms. The number of nitrogens with one attached hydrogen (secondary N) is 1. The normalized spacial score (nSPS) is 14.9. The van der Waals surface area contributed by atoms with Crippen LogP contribution in [0.5, 0.6) is 0 Å². The number of halogens is 1. The monoisotopic (exact) mass is 479 g/mol. The highest BCUT2D eigenvalue weighted by Gasteiger charge is 2.29. The van der Waals surface area contributed by atoms with E-state index in [0.29, 0.717) is 13.1 Å². The lowest BCUT2D eigenvalue weighted by molar-refractivity contribution is 0.101. The maximum absolute atomic E-state index is 13.3. The summed E-state index contributed by atoms with van der Waals surface area (Å²) >= 11 is 0. The number of imidazole rings is 1. The van der Waals surface area contributed by atoms with Gasteiger partial charge in [-0.2, -0.15) is 4.31 Å². The number of hydrogen-bond donors (Lipinski definition) is 1. The standard InChI is InChI=1S/C24H22FN5O3S/c25-19-8-10-20(11-9-19)28-12-14-29(15-13-28)34(32,33)21-5-3-4-18(16-21)24(31)27-30-17-26-22-6-1-2-7-23(22)30/h1-11,16-17H,12-15H2,(H,27,31). The average molecular weight is 480 g/mol. The van der Waals surface area contributed by atoms with Gasteiger partial charge in [0.1, 0.15) is 12.1 Å². The highest BCUT2D eigenvalue weighted by molar-refractivity contribution is 7.89. The van der Waals surface area contributed by atoms with Gasteiger partial charge in [0.15, 0.2) is 0 Å². The van der Waals surface area contributed by atoms with Crippen molar-refractivity contribution >= 4 is 32.7 Å². The zero-order valence-electron chi connectivity index (χ0n) is 18.1. The minimum Gasteiger partial charge on any atom is -0.369 e. The molecule has 0 atom stereocenters. The maximum atomic E-state index is 13.3. The van der Waals surface area contributed by atoms with Crippen LogP contribution in [0.15, 0.2) is 84.0 Å². The zero-order valence-corrected chi connectivity index (χ0v) is 19.0. The molecule has 0 bridgehead atoms. The van der Waals surface area contributed by atoms with Crippen LogP contribution in [0.2, 0.25) is 0 Å². The molecule has 0 aliphatic carbocycles. The number of para-hydroxylation sites is 2. The number of nitrogens with zero attached hydrogens (tertiary/aromatic N) is 4. The van der Waals surface area contributed by atoms with E-state index in [2.05, 4.69) is 10.4 Å². The number of hydrogen-bond acceptors (Lipinski definition) is 5. The van der Waals surface area contributed by atoms with Gasteiger partial charge in [0.2, 0.25) is 10.0 Å². The molecule has 8 nitrogen and oxygen atoms in total. The number of sulfonamides is 1. The fraction of sp³-hybridized carbons (Fsp3) is 0.167. The van der Waals surface area contributed by atoms with Crippen LogP contribution in [0.3, 0.4) is 0 Å². The largest absolute Gasteiger partial charge is 0.369 e. The van der Waals surface area contributed by atoms with Crippen LogP contribution in [0.4, 0.5) is 10.1 Å². The molecule has 0 radical (unpaired) electrons. The molecule has 0 spiro atoms. The Balaban J connectivity index is 1.30. The van der Waals surface area contributed by atoms with Crippen molar-refractivity contribution in [2.45, 2.75) is 4.90 Å². The van der Waals surface area contributed by atoms with Crippen molar-refractivity contribution in [1.82, 2.24) is 14.0 Å². The molecule has 1 aromatic heterocycles. The summed E-state index contributed by atoms with van der Waals surface area (Å²) in [4.78, 5) is 19.2. The summed E-state index contributed by atoms with van der Waals surface area (Å²) < 4.78 is 42.6. The van der Waals surface area contributed by atoms with Crippen molar-refractivity contribution in [2.24, 2.45) is 0 Å². The van der Waals surface area contributed by atoms with Crippen LogP contribution in [-0.4, -0.2) is 54.5 Å². The Morgan fingerprint density at radius 1 is 0.912 bits per heavy atom. The molecule has 0 unspecified atom stereocenters. The van der Waals surface area contributed by atoms with Crippen LogP contribution in [0.1, 0.15) is 10.4 Å². The number of carbonyl (C=O) groups excluding carboxylic acids is 1. The van der Waals surface area contributed by atoms with Gasteiger partial charge in [-0.15, -0.1) is 0 Å². The van der Waals surface area contributed by atoms with Gasteiger partial charge in [-0.25, -0.2) is 22.5 Å². The van der Waals surface area contributed by atoms with E-state index in [1.165, 1.54) is 39.6 Å². The van der Waals surface area contributed by atoms with Gasteiger partial charge >= 0.3 is 0 Å². The van der Waals surface area contributed by atoms with Gasteiger partial charge in [0.25, 0.3) is 5.91 Å². The molecule has 4 aromatic rings. The van der Waals surface area contributed by atoms with Gasteiger partial charge in [0.05, 0.1) is 15.9 Å². The van der Waals surface area contributed by atoms with E-state index < -0.39 is 15.9 Å². The van der Waals surface area contributed by atoms with E-state index in [1.54, 1.807) is 24.3 Å². The number of rotatable bonds is 5. The molecule has 0 saturated carbocycles. The number of carbonyl (C=O) groups is 1. The Labute approximate surface area is 196 Å². The van der Waals surface area contributed by atoms with E-state index >= 15 is 0 Å². The highest BCUT2D eigenvalue weighted by atomic mass is 32.2. The minimum absolute atomic E-state index is 0.0610. The van der Waals surface area contributed by atoms with Gasteiger partial charge in [-0.3, -0.25) is 10.2 Å². The van der Waals surface area contributed by atoms with Crippen LogP contribution < -0.4 is 10.3 Å². The van der Waals surface area contributed by atoms with Gasteiger partial charge in [0, 0.05) is 37.4 Å². The average Bonchev–Trinajstić information content (AvgIpc) is 3.27. The van der Waals surface area contributed by atoms with Crippen LogP contribution >= 0.6 is 0 Å². The summed E-state index contributed by atoms with van der Waals surface area (Å²) in [5.41, 5.74) is 5.29. The Hall–Kier alpha value is -3.76. The lowest BCUT2D eigenvalue weighted by atomic mass is 10.2. The molecule has 1 aliphatic rings. The van der Waals surface area contributed by atoms with Gasteiger partial charge < -0.3 is 4.90 Å². The SMILES string of the molecule is O=C(Nn1cnc2ccccc21)c1cccc(S(=O)(=O)N2CCN(c3ccc(F)cc3)CC2)c1. The first kappa shape index (κ1) is 22.1. The van der Waals surface area contributed by atoms with Crippen molar-refractivity contribution < 1.29 is 17.6 Å². The minimum atomic E-state index is -3.78. The molecule has 5 rings (SSSR count). The van der Waals surface area contributed by atoms with Crippen LogP contribution in [0.25, 0.3) is 11.0 Å². The third kappa shape index (κ3) is 4.25. The van der Waals surface area contributed by atoms with E-state index in [-0.39, 0.29) is 29.4 Å². The lowest BCUT2D eigenvalue weighted by Gasteiger charge is -2.35.